The van der Waals surface area contributed by atoms with E-state index in [4.69, 9.17) is 0 Å². The second kappa shape index (κ2) is 3.63. The highest BCUT2D eigenvalue weighted by molar-refractivity contribution is 4.90. The molecule has 2 aliphatic rings. The first-order valence-electron chi connectivity index (χ1n) is 6.20. The Hall–Kier alpha value is 0. The lowest BCUT2D eigenvalue weighted by Gasteiger charge is -2.42. The van der Waals surface area contributed by atoms with E-state index in [1.165, 1.54) is 32.1 Å². The van der Waals surface area contributed by atoms with Crippen molar-refractivity contribution < 1.29 is 0 Å². The minimum absolute atomic E-state index is 0.931. The van der Waals surface area contributed by atoms with Gasteiger partial charge in [-0.2, -0.15) is 0 Å². The molecule has 2 saturated carbocycles. The molecule has 76 valence electrons. The van der Waals surface area contributed by atoms with Gasteiger partial charge in [0.2, 0.25) is 0 Å². The average molecular weight is 180 g/mol. The molecule has 0 heterocycles. The monoisotopic (exact) mass is 180 g/mol. The molecule has 0 heteroatoms. The van der Waals surface area contributed by atoms with Crippen LogP contribution in [0.4, 0.5) is 0 Å². The van der Waals surface area contributed by atoms with Gasteiger partial charge < -0.3 is 0 Å². The van der Waals surface area contributed by atoms with Crippen molar-refractivity contribution in [1.29, 1.82) is 0 Å². The van der Waals surface area contributed by atoms with Crippen LogP contribution in [0.3, 0.4) is 0 Å². The van der Waals surface area contributed by atoms with Gasteiger partial charge in [-0.05, 0) is 48.9 Å². The Bertz CT molecular complexity index is 171. The maximum atomic E-state index is 2.46. The minimum atomic E-state index is 0.931. The summed E-state index contributed by atoms with van der Waals surface area (Å²) in [5, 5.41) is 0. The first-order valence-corrected chi connectivity index (χ1v) is 6.20. The second-order valence-corrected chi connectivity index (χ2v) is 5.72. The summed E-state index contributed by atoms with van der Waals surface area (Å²) in [7, 11) is 0. The average Bonchev–Trinajstić information content (AvgIpc) is 2.50. The molecule has 13 heavy (non-hydrogen) atoms. The van der Waals surface area contributed by atoms with Crippen molar-refractivity contribution in [3.05, 3.63) is 0 Å². The van der Waals surface area contributed by atoms with Crippen LogP contribution in [0, 0.1) is 29.6 Å². The molecule has 0 bridgehead atoms. The third kappa shape index (κ3) is 1.65. The number of hydrogen-bond acceptors (Lipinski definition) is 0. The van der Waals surface area contributed by atoms with Gasteiger partial charge in [0.15, 0.2) is 0 Å². The zero-order chi connectivity index (χ0) is 9.42. The van der Waals surface area contributed by atoms with Crippen molar-refractivity contribution in [3.8, 4) is 0 Å². The van der Waals surface area contributed by atoms with Gasteiger partial charge in [0.05, 0.1) is 0 Å². The van der Waals surface area contributed by atoms with E-state index in [1.807, 2.05) is 0 Å². The van der Waals surface area contributed by atoms with Gasteiger partial charge in [-0.15, -0.1) is 0 Å². The first-order chi connectivity index (χ1) is 6.20. The molecule has 0 radical (unpaired) electrons. The van der Waals surface area contributed by atoms with E-state index in [9.17, 15) is 0 Å². The van der Waals surface area contributed by atoms with Crippen molar-refractivity contribution in [3.63, 3.8) is 0 Å². The normalized spacial score (nSPS) is 45.2. The van der Waals surface area contributed by atoms with Crippen molar-refractivity contribution in [1.82, 2.24) is 0 Å². The molecular formula is C13H24. The van der Waals surface area contributed by atoms with Crippen LogP contribution in [-0.2, 0) is 0 Å². The molecule has 0 aromatic carbocycles. The Morgan fingerprint density at radius 2 is 1.69 bits per heavy atom. The van der Waals surface area contributed by atoms with E-state index in [1.54, 1.807) is 0 Å². The maximum Gasteiger partial charge on any atom is -0.0352 e. The third-order valence-corrected chi connectivity index (χ3v) is 4.72. The molecule has 0 saturated heterocycles. The Kier molecular flexibility index (Phi) is 2.67. The molecule has 0 amide bonds. The zero-order valence-corrected chi connectivity index (χ0v) is 9.42. The summed E-state index contributed by atoms with van der Waals surface area (Å²) in [6.45, 7) is 7.31. The summed E-state index contributed by atoms with van der Waals surface area (Å²) in [5.74, 6) is 5.25. The highest BCUT2D eigenvalue weighted by Gasteiger charge is 2.40. The van der Waals surface area contributed by atoms with Crippen LogP contribution in [-0.4, -0.2) is 0 Å². The molecule has 0 N–H and O–H groups in total. The zero-order valence-electron chi connectivity index (χ0n) is 9.42. The van der Waals surface area contributed by atoms with Crippen LogP contribution in [0.5, 0.6) is 0 Å². The molecule has 4 atom stereocenters. The molecule has 0 spiro atoms. The summed E-state index contributed by atoms with van der Waals surface area (Å²) in [6.07, 6.45) is 7.61. The van der Waals surface area contributed by atoms with Crippen LogP contribution in [0.15, 0.2) is 0 Å². The van der Waals surface area contributed by atoms with Gasteiger partial charge in [-0.25, -0.2) is 0 Å². The number of hydrogen-bond donors (Lipinski definition) is 0. The molecule has 0 aromatic heterocycles. The van der Waals surface area contributed by atoms with Gasteiger partial charge in [0.25, 0.3) is 0 Å². The SMILES string of the molecule is CC(C)C1CCCC1C1CCC1C. The van der Waals surface area contributed by atoms with E-state index >= 15 is 0 Å². The van der Waals surface area contributed by atoms with Crippen molar-refractivity contribution in [2.45, 2.75) is 52.9 Å². The molecule has 0 aromatic rings. The lowest BCUT2D eigenvalue weighted by molar-refractivity contribution is 0.0777. The fourth-order valence-electron chi connectivity index (χ4n) is 3.71. The van der Waals surface area contributed by atoms with E-state index in [2.05, 4.69) is 20.8 Å². The van der Waals surface area contributed by atoms with Gasteiger partial charge >= 0.3 is 0 Å². The highest BCUT2D eigenvalue weighted by atomic mass is 14.5. The largest absolute Gasteiger partial charge is 0.0625 e. The van der Waals surface area contributed by atoms with E-state index in [-0.39, 0.29) is 0 Å². The maximum absolute atomic E-state index is 2.46. The first kappa shape index (κ1) is 9.55. The van der Waals surface area contributed by atoms with Gasteiger partial charge in [-0.3, -0.25) is 0 Å². The Morgan fingerprint density at radius 3 is 2.15 bits per heavy atom. The van der Waals surface area contributed by atoms with E-state index < -0.39 is 0 Å². The van der Waals surface area contributed by atoms with Crippen molar-refractivity contribution >= 4 is 0 Å². The summed E-state index contributed by atoms with van der Waals surface area (Å²) in [6, 6.07) is 0. The van der Waals surface area contributed by atoms with Gasteiger partial charge in [0.1, 0.15) is 0 Å². The fourth-order valence-corrected chi connectivity index (χ4v) is 3.71. The van der Waals surface area contributed by atoms with Crippen LogP contribution in [0.25, 0.3) is 0 Å². The smallest absolute Gasteiger partial charge is 0.0352 e. The van der Waals surface area contributed by atoms with E-state index in [0.29, 0.717) is 0 Å². The van der Waals surface area contributed by atoms with Gasteiger partial charge in [-0.1, -0.05) is 33.6 Å². The van der Waals surface area contributed by atoms with Crippen LogP contribution in [0.2, 0.25) is 0 Å². The summed E-state index contributed by atoms with van der Waals surface area (Å²) >= 11 is 0. The lowest BCUT2D eigenvalue weighted by atomic mass is 9.64. The highest BCUT2D eigenvalue weighted by Crippen LogP contribution is 2.50. The molecule has 2 aliphatic carbocycles. The van der Waals surface area contributed by atoms with E-state index in [0.717, 1.165) is 29.6 Å². The quantitative estimate of drug-likeness (QED) is 0.600. The molecule has 2 rings (SSSR count). The summed E-state index contributed by atoms with van der Waals surface area (Å²) < 4.78 is 0. The summed E-state index contributed by atoms with van der Waals surface area (Å²) in [4.78, 5) is 0. The fraction of sp³-hybridized carbons (Fsp3) is 1.00. The standard InChI is InChI=1S/C13H24/c1-9(2)11-5-4-6-13(11)12-8-7-10(12)3/h9-13H,4-8H2,1-3H3. The summed E-state index contributed by atoms with van der Waals surface area (Å²) in [5.41, 5.74) is 0. The Labute approximate surface area is 83.1 Å². The van der Waals surface area contributed by atoms with Crippen LogP contribution in [0.1, 0.15) is 52.9 Å². The second-order valence-electron chi connectivity index (χ2n) is 5.72. The minimum Gasteiger partial charge on any atom is -0.0625 e. The molecule has 2 fully saturated rings. The Morgan fingerprint density at radius 1 is 0.923 bits per heavy atom. The molecule has 0 nitrogen and oxygen atoms in total. The van der Waals surface area contributed by atoms with Crippen LogP contribution >= 0.6 is 0 Å². The van der Waals surface area contributed by atoms with Crippen molar-refractivity contribution in [2.24, 2.45) is 29.6 Å². The molecule has 4 unspecified atom stereocenters. The number of rotatable bonds is 2. The molecular weight excluding hydrogens is 156 g/mol. The van der Waals surface area contributed by atoms with Crippen molar-refractivity contribution in [2.75, 3.05) is 0 Å². The van der Waals surface area contributed by atoms with Gasteiger partial charge in [0, 0.05) is 0 Å². The molecule has 0 aliphatic heterocycles. The third-order valence-electron chi connectivity index (χ3n) is 4.72. The predicted molar refractivity (Wildman–Crippen MR) is 57.6 cm³/mol. The Balaban J connectivity index is 1.97. The van der Waals surface area contributed by atoms with Crippen LogP contribution < -0.4 is 0 Å². The predicted octanol–water partition coefficient (Wildman–Crippen LogP) is 4.10. The lowest BCUT2D eigenvalue weighted by Crippen LogP contribution is -2.33. The topological polar surface area (TPSA) is 0 Å².